The fourth-order valence-electron chi connectivity index (χ4n) is 1.20. The summed E-state index contributed by atoms with van der Waals surface area (Å²) in [6, 6.07) is 0. The second kappa shape index (κ2) is 5.72. The van der Waals surface area contributed by atoms with E-state index in [0.29, 0.717) is 11.5 Å². The first-order valence-corrected chi connectivity index (χ1v) is 5.26. The molecule has 0 saturated carbocycles. The third-order valence-electron chi connectivity index (χ3n) is 2.04. The third kappa shape index (κ3) is 4.30. The molecule has 0 aromatic carbocycles. The molecule has 0 aliphatic carbocycles. The van der Waals surface area contributed by atoms with Crippen LogP contribution in [0.3, 0.4) is 0 Å². The normalized spacial score (nSPS) is 10.9. The maximum Gasteiger partial charge on any atom is 0.188 e. The van der Waals surface area contributed by atoms with Gasteiger partial charge in [-0.05, 0) is 11.8 Å². The summed E-state index contributed by atoms with van der Waals surface area (Å²) >= 11 is 4.83. The van der Waals surface area contributed by atoms with Crippen LogP contribution < -0.4 is 5.73 Å². The summed E-state index contributed by atoms with van der Waals surface area (Å²) < 4.78 is 0. The first-order chi connectivity index (χ1) is 7.11. The standard InChI is InChI=1S/C8H16N6S/c1-3-14(5-4-7(9)15)6-8-10-12-13(2)11-8/h3-6H2,1-2H3,(H2,9,15). The van der Waals surface area contributed by atoms with E-state index in [4.69, 9.17) is 18.0 Å². The van der Waals surface area contributed by atoms with Crippen molar-refractivity contribution in [1.82, 2.24) is 25.1 Å². The summed E-state index contributed by atoms with van der Waals surface area (Å²) in [5.41, 5.74) is 5.45. The second-order valence-corrected chi connectivity index (χ2v) is 3.80. The van der Waals surface area contributed by atoms with E-state index in [0.717, 1.165) is 25.3 Å². The highest BCUT2D eigenvalue weighted by molar-refractivity contribution is 7.80. The predicted molar refractivity (Wildman–Crippen MR) is 61.2 cm³/mol. The molecule has 0 fully saturated rings. The minimum Gasteiger partial charge on any atom is -0.393 e. The van der Waals surface area contributed by atoms with Crippen LogP contribution in [0, 0.1) is 0 Å². The largest absolute Gasteiger partial charge is 0.393 e. The molecular formula is C8H16N6S. The monoisotopic (exact) mass is 228 g/mol. The zero-order valence-corrected chi connectivity index (χ0v) is 9.87. The molecule has 1 rings (SSSR count). The molecule has 1 heterocycles. The Morgan fingerprint density at radius 3 is 2.80 bits per heavy atom. The van der Waals surface area contributed by atoms with Gasteiger partial charge in [-0.25, -0.2) is 0 Å². The van der Waals surface area contributed by atoms with Crippen LogP contribution in [-0.2, 0) is 13.6 Å². The van der Waals surface area contributed by atoms with E-state index in [1.807, 2.05) is 0 Å². The highest BCUT2D eigenvalue weighted by atomic mass is 32.1. The van der Waals surface area contributed by atoms with Gasteiger partial charge in [-0.15, -0.1) is 10.2 Å². The highest BCUT2D eigenvalue weighted by Gasteiger charge is 2.07. The zero-order valence-electron chi connectivity index (χ0n) is 9.05. The molecule has 0 unspecified atom stereocenters. The third-order valence-corrected chi connectivity index (χ3v) is 2.24. The maximum absolute atomic E-state index is 5.45. The molecule has 0 aliphatic rings. The van der Waals surface area contributed by atoms with E-state index in [9.17, 15) is 0 Å². The van der Waals surface area contributed by atoms with Crippen LogP contribution >= 0.6 is 12.2 Å². The lowest BCUT2D eigenvalue weighted by Crippen LogP contribution is -2.27. The first kappa shape index (κ1) is 12.0. The number of tetrazole rings is 1. The van der Waals surface area contributed by atoms with Gasteiger partial charge in [0.1, 0.15) is 0 Å². The average Bonchev–Trinajstić information content (AvgIpc) is 2.58. The Hall–Kier alpha value is -1.08. The van der Waals surface area contributed by atoms with Crippen LogP contribution in [0.1, 0.15) is 19.2 Å². The summed E-state index contributed by atoms with van der Waals surface area (Å²) in [6.45, 7) is 4.52. The molecule has 0 radical (unpaired) electrons. The molecule has 15 heavy (non-hydrogen) atoms. The highest BCUT2D eigenvalue weighted by Crippen LogP contribution is 1.98. The van der Waals surface area contributed by atoms with Gasteiger partial charge in [0, 0.05) is 13.0 Å². The molecule has 1 aromatic rings. The Balaban J connectivity index is 2.42. The predicted octanol–water partition coefficient (Wildman–Crippen LogP) is -0.292. The van der Waals surface area contributed by atoms with Gasteiger partial charge in [0.15, 0.2) is 5.82 Å². The fourth-order valence-corrected chi connectivity index (χ4v) is 1.30. The lowest BCUT2D eigenvalue weighted by Gasteiger charge is -2.17. The SMILES string of the molecule is CCN(CCC(N)=S)Cc1nnn(C)n1. The number of nitrogens with two attached hydrogens (primary N) is 1. The maximum atomic E-state index is 5.45. The van der Waals surface area contributed by atoms with Crippen molar-refractivity contribution < 1.29 is 0 Å². The molecule has 84 valence electrons. The quantitative estimate of drug-likeness (QED) is 0.674. The molecule has 1 aromatic heterocycles. The Morgan fingerprint density at radius 1 is 1.60 bits per heavy atom. The van der Waals surface area contributed by atoms with E-state index in [-0.39, 0.29) is 0 Å². The number of aryl methyl sites for hydroxylation is 1. The van der Waals surface area contributed by atoms with Crippen molar-refractivity contribution in [3.63, 3.8) is 0 Å². The van der Waals surface area contributed by atoms with Crippen molar-refractivity contribution in [1.29, 1.82) is 0 Å². The Kier molecular flexibility index (Phi) is 4.57. The van der Waals surface area contributed by atoms with Crippen LogP contribution in [0.2, 0.25) is 0 Å². The smallest absolute Gasteiger partial charge is 0.188 e. The van der Waals surface area contributed by atoms with Crippen molar-refractivity contribution in [2.45, 2.75) is 19.9 Å². The summed E-state index contributed by atoms with van der Waals surface area (Å²) in [5.74, 6) is 0.724. The van der Waals surface area contributed by atoms with E-state index in [2.05, 4.69) is 27.2 Å². The Morgan fingerprint density at radius 2 is 2.33 bits per heavy atom. The lowest BCUT2D eigenvalue weighted by molar-refractivity contribution is 0.281. The van der Waals surface area contributed by atoms with Gasteiger partial charge < -0.3 is 5.73 Å². The number of hydrogen-bond acceptors (Lipinski definition) is 5. The fraction of sp³-hybridized carbons (Fsp3) is 0.750. The van der Waals surface area contributed by atoms with Gasteiger partial charge in [-0.3, -0.25) is 4.90 Å². The molecule has 0 spiro atoms. The number of aromatic nitrogens is 4. The molecule has 0 aliphatic heterocycles. The number of thiocarbonyl (C=S) groups is 1. The molecule has 6 nitrogen and oxygen atoms in total. The molecule has 0 bridgehead atoms. The summed E-state index contributed by atoms with van der Waals surface area (Å²) in [4.78, 5) is 4.17. The average molecular weight is 228 g/mol. The van der Waals surface area contributed by atoms with Crippen molar-refractivity contribution in [2.75, 3.05) is 13.1 Å². The summed E-state index contributed by atoms with van der Waals surface area (Å²) in [7, 11) is 1.75. The molecule has 0 saturated heterocycles. The lowest BCUT2D eigenvalue weighted by atomic mass is 10.3. The minimum absolute atomic E-state index is 0.542. The summed E-state index contributed by atoms with van der Waals surface area (Å²) in [5, 5.41) is 11.8. The van der Waals surface area contributed by atoms with Gasteiger partial charge in [0.2, 0.25) is 0 Å². The van der Waals surface area contributed by atoms with Gasteiger partial charge in [0.25, 0.3) is 0 Å². The second-order valence-electron chi connectivity index (χ2n) is 3.28. The van der Waals surface area contributed by atoms with E-state index >= 15 is 0 Å². The molecule has 0 amide bonds. The molecule has 7 heteroatoms. The zero-order chi connectivity index (χ0) is 11.3. The van der Waals surface area contributed by atoms with Gasteiger partial charge in [0.05, 0.1) is 18.6 Å². The van der Waals surface area contributed by atoms with Gasteiger partial charge >= 0.3 is 0 Å². The van der Waals surface area contributed by atoms with Crippen LogP contribution in [0.4, 0.5) is 0 Å². The van der Waals surface area contributed by atoms with Crippen molar-refractivity contribution in [3.05, 3.63) is 5.82 Å². The molecule has 0 atom stereocenters. The van der Waals surface area contributed by atoms with Crippen molar-refractivity contribution >= 4 is 17.2 Å². The van der Waals surface area contributed by atoms with Crippen molar-refractivity contribution in [3.8, 4) is 0 Å². The molecule has 2 N–H and O–H groups in total. The Bertz CT molecular complexity index is 323. The van der Waals surface area contributed by atoms with E-state index in [1.54, 1.807) is 7.05 Å². The van der Waals surface area contributed by atoms with Crippen LogP contribution in [0.25, 0.3) is 0 Å². The number of nitrogens with zero attached hydrogens (tertiary/aromatic N) is 5. The van der Waals surface area contributed by atoms with E-state index < -0.39 is 0 Å². The topological polar surface area (TPSA) is 72.9 Å². The van der Waals surface area contributed by atoms with Crippen LogP contribution in [-0.4, -0.2) is 43.2 Å². The van der Waals surface area contributed by atoms with Gasteiger partial charge in [-0.1, -0.05) is 19.1 Å². The first-order valence-electron chi connectivity index (χ1n) is 4.85. The summed E-state index contributed by atoms with van der Waals surface area (Å²) in [6.07, 6.45) is 0.726. The Labute approximate surface area is 94.4 Å². The minimum atomic E-state index is 0.542. The van der Waals surface area contributed by atoms with E-state index in [1.165, 1.54) is 4.80 Å². The number of rotatable bonds is 6. The number of hydrogen-bond donors (Lipinski definition) is 1. The van der Waals surface area contributed by atoms with Crippen LogP contribution in [0.15, 0.2) is 0 Å². The molecular weight excluding hydrogens is 212 g/mol. The van der Waals surface area contributed by atoms with Gasteiger partial charge in [-0.2, -0.15) is 4.80 Å². The van der Waals surface area contributed by atoms with Crippen LogP contribution in [0.5, 0.6) is 0 Å². The van der Waals surface area contributed by atoms with Crippen molar-refractivity contribution in [2.24, 2.45) is 12.8 Å².